The largest absolute Gasteiger partial charge is 0.466 e. The van der Waals surface area contributed by atoms with E-state index in [9.17, 15) is 9.59 Å². The van der Waals surface area contributed by atoms with Crippen LogP contribution in [0, 0.1) is 17.8 Å². The van der Waals surface area contributed by atoms with Crippen molar-refractivity contribution in [3.63, 3.8) is 0 Å². The van der Waals surface area contributed by atoms with Crippen LogP contribution >= 0.6 is 0 Å². The molecule has 6 heteroatoms. The molecular formula is C48H87NO5. The van der Waals surface area contributed by atoms with E-state index in [1.807, 2.05) is 6.08 Å². The standard InChI is InChI=1S/C48H87NO5/c1-5-8-30-44(4)41-47(50)53-39-27-21-17-13-11-15-19-23-33-46(43-52-38-29-37-49-35-25-26-36-49)34-24-20-16-12-14-18-22-28-40-54-48(51)42-45(31-9-6-2)32-10-7-3/h31,44-46H,2,5,7-8,10-30,32-43H2,1,3-4H3. The summed E-state index contributed by atoms with van der Waals surface area (Å²) in [7, 11) is 0. The zero-order valence-corrected chi connectivity index (χ0v) is 36.0. The molecule has 0 amide bonds. The number of likely N-dealkylation sites (tertiary alicyclic amines) is 1. The van der Waals surface area contributed by atoms with Crippen molar-refractivity contribution in [3.05, 3.63) is 24.1 Å². The summed E-state index contributed by atoms with van der Waals surface area (Å²) < 4.78 is 17.2. The number of carbonyl (C=O) groups excluding carboxylic acids is 2. The smallest absolute Gasteiger partial charge is 0.306 e. The van der Waals surface area contributed by atoms with Crippen LogP contribution in [0.3, 0.4) is 0 Å². The van der Waals surface area contributed by atoms with E-state index >= 15 is 0 Å². The molecule has 6 nitrogen and oxygen atoms in total. The van der Waals surface area contributed by atoms with Gasteiger partial charge in [-0.1, -0.05) is 154 Å². The van der Waals surface area contributed by atoms with E-state index in [1.165, 1.54) is 148 Å². The van der Waals surface area contributed by atoms with Crippen LogP contribution in [0.4, 0.5) is 0 Å². The Balaban J connectivity index is 2.13. The number of hydrogen-bond donors (Lipinski definition) is 0. The normalized spacial score (nSPS) is 14.6. The van der Waals surface area contributed by atoms with Crippen LogP contribution in [-0.4, -0.2) is 62.9 Å². The molecule has 1 heterocycles. The first kappa shape index (κ1) is 50.2. The molecule has 0 aromatic carbocycles. The molecule has 0 saturated carbocycles. The Hall–Kier alpha value is -1.84. The lowest BCUT2D eigenvalue weighted by Gasteiger charge is -2.18. The van der Waals surface area contributed by atoms with Crippen molar-refractivity contribution in [1.82, 2.24) is 4.90 Å². The van der Waals surface area contributed by atoms with Gasteiger partial charge in [0, 0.05) is 26.2 Å². The number of carbonyl (C=O) groups is 2. The molecule has 1 aliphatic rings. The maximum Gasteiger partial charge on any atom is 0.306 e. The van der Waals surface area contributed by atoms with Crippen LogP contribution in [0.5, 0.6) is 0 Å². The van der Waals surface area contributed by atoms with Gasteiger partial charge in [0.1, 0.15) is 0 Å². The SMILES string of the molecule is C=C=C=CC(CCCC)CC(=O)OCCCCCCCCCCC(CCCCCCCCCCOC(=O)CC(C)CCCC)COCCCN1CCCC1. The lowest BCUT2D eigenvalue weighted by molar-refractivity contribution is -0.145. The van der Waals surface area contributed by atoms with Gasteiger partial charge in [-0.05, 0) is 94.9 Å². The highest BCUT2D eigenvalue weighted by atomic mass is 16.5. The fraction of sp³-hybridized carbons (Fsp3) is 0.875. The van der Waals surface area contributed by atoms with Gasteiger partial charge in [-0.3, -0.25) is 9.59 Å². The van der Waals surface area contributed by atoms with Gasteiger partial charge in [-0.15, -0.1) is 0 Å². The molecular weight excluding hydrogens is 671 g/mol. The lowest BCUT2D eigenvalue weighted by Crippen LogP contribution is -2.22. The Morgan fingerprint density at radius 3 is 1.67 bits per heavy atom. The zero-order valence-electron chi connectivity index (χ0n) is 36.0. The average molecular weight is 758 g/mol. The maximum atomic E-state index is 12.3. The first-order valence-corrected chi connectivity index (χ1v) is 23.2. The lowest BCUT2D eigenvalue weighted by atomic mass is 9.94. The molecule has 0 spiro atoms. The quantitative estimate of drug-likeness (QED) is 0.0353. The van der Waals surface area contributed by atoms with E-state index in [1.54, 1.807) is 0 Å². The van der Waals surface area contributed by atoms with E-state index in [0.717, 1.165) is 58.2 Å². The molecule has 1 saturated heterocycles. The third-order valence-corrected chi connectivity index (χ3v) is 11.2. The van der Waals surface area contributed by atoms with Gasteiger partial charge >= 0.3 is 11.9 Å². The second kappa shape index (κ2) is 38.1. The molecule has 54 heavy (non-hydrogen) atoms. The van der Waals surface area contributed by atoms with Gasteiger partial charge < -0.3 is 19.1 Å². The first-order chi connectivity index (χ1) is 26.5. The molecule has 0 aliphatic carbocycles. The van der Waals surface area contributed by atoms with Gasteiger partial charge in [-0.25, -0.2) is 0 Å². The molecule has 1 rings (SSSR count). The number of ether oxygens (including phenoxy) is 3. The molecule has 0 N–H and O–H groups in total. The summed E-state index contributed by atoms with van der Waals surface area (Å²) in [6.07, 6.45) is 36.1. The highest BCUT2D eigenvalue weighted by molar-refractivity contribution is 5.70. The Labute approximate surface area is 334 Å². The highest BCUT2D eigenvalue weighted by Gasteiger charge is 2.14. The average Bonchev–Trinajstić information content (AvgIpc) is 3.69. The summed E-state index contributed by atoms with van der Waals surface area (Å²) in [5.74, 6) is 1.22. The fourth-order valence-corrected chi connectivity index (χ4v) is 7.68. The van der Waals surface area contributed by atoms with Crippen LogP contribution in [0.2, 0.25) is 0 Å². The van der Waals surface area contributed by atoms with Gasteiger partial charge in [-0.2, -0.15) is 0 Å². The summed E-state index contributed by atoms with van der Waals surface area (Å²) >= 11 is 0. The minimum absolute atomic E-state index is 0.0112. The topological polar surface area (TPSA) is 65.1 Å². The number of unbranched alkanes of at least 4 members (excludes halogenated alkanes) is 16. The van der Waals surface area contributed by atoms with Crippen molar-refractivity contribution in [3.8, 4) is 0 Å². The number of allylic oxidation sites excluding steroid dienone is 1. The van der Waals surface area contributed by atoms with E-state index in [2.05, 4.69) is 43.7 Å². The van der Waals surface area contributed by atoms with Gasteiger partial charge in [0.2, 0.25) is 0 Å². The maximum absolute atomic E-state index is 12.3. The van der Waals surface area contributed by atoms with Crippen molar-refractivity contribution in [2.75, 3.05) is 46.1 Å². The van der Waals surface area contributed by atoms with Crippen molar-refractivity contribution in [2.24, 2.45) is 17.8 Å². The predicted octanol–water partition coefficient (Wildman–Crippen LogP) is 13.1. The van der Waals surface area contributed by atoms with Crippen molar-refractivity contribution >= 4 is 11.9 Å². The number of nitrogens with zero attached hydrogens (tertiary/aromatic N) is 1. The molecule has 1 aliphatic heterocycles. The van der Waals surface area contributed by atoms with Gasteiger partial charge in [0.05, 0.1) is 19.6 Å². The summed E-state index contributed by atoms with van der Waals surface area (Å²) in [6, 6.07) is 0. The molecule has 3 unspecified atom stereocenters. The van der Waals surface area contributed by atoms with E-state index in [0.29, 0.717) is 37.9 Å². The number of esters is 2. The van der Waals surface area contributed by atoms with Crippen LogP contribution in [0.25, 0.3) is 0 Å². The summed E-state index contributed by atoms with van der Waals surface area (Å²) in [5, 5.41) is 0. The minimum atomic E-state index is -0.0916. The molecule has 3 atom stereocenters. The third kappa shape index (κ3) is 32.4. The number of rotatable bonds is 39. The monoisotopic (exact) mass is 758 g/mol. The third-order valence-electron chi connectivity index (χ3n) is 11.2. The van der Waals surface area contributed by atoms with Crippen molar-refractivity contribution < 1.29 is 23.8 Å². The molecule has 0 aromatic rings. The molecule has 0 radical (unpaired) electrons. The van der Waals surface area contributed by atoms with E-state index in [-0.39, 0.29) is 17.9 Å². The Morgan fingerprint density at radius 2 is 1.13 bits per heavy atom. The van der Waals surface area contributed by atoms with E-state index < -0.39 is 0 Å². The van der Waals surface area contributed by atoms with Gasteiger partial charge in [0.25, 0.3) is 0 Å². The summed E-state index contributed by atoms with van der Waals surface area (Å²) in [4.78, 5) is 26.9. The molecule has 1 fully saturated rings. The highest BCUT2D eigenvalue weighted by Crippen LogP contribution is 2.21. The van der Waals surface area contributed by atoms with Crippen LogP contribution in [0.15, 0.2) is 24.1 Å². The Morgan fingerprint density at radius 1 is 0.630 bits per heavy atom. The first-order valence-electron chi connectivity index (χ1n) is 23.2. The minimum Gasteiger partial charge on any atom is -0.466 e. The van der Waals surface area contributed by atoms with Crippen LogP contribution in [-0.2, 0) is 23.8 Å². The van der Waals surface area contributed by atoms with Crippen molar-refractivity contribution in [1.29, 1.82) is 0 Å². The van der Waals surface area contributed by atoms with Gasteiger partial charge in [0.15, 0.2) is 0 Å². The second-order valence-corrected chi connectivity index (χ2v) is 16.6. The molecule has 0 aromatic heterocycles. The molecule has 0 bridgehead atoms. The van der Waals surface area contributed by atoms with E-state index in [4.69, 9.17) is 14.2 Å². The van der Waals surface area contributed by atoms with Crippen LogP contribution < -0.4 is 0 Å². The Kier molecular flexibility index (Phi) is 35.4. The zero-order chi connectivity index (χ0) is 39.2. The van der Waals surface area contributed by atoms with Crippen molar-refractivity contribution in [2.45, 2.75) is 207 Å². The number of hydrogen-bond acceptors (Lipinski definition) is 6. The van der Waals surface area contributed by atoms with Crippen LogP contribution in [0.1, 0.15) is 207 Å². The summed E-state index contributed by atoms with van der Waals surface area (Å²) in [6.45, 7) is 16.8. The second-order valence-electron chi connectivity index (χ2n) is 16.6. The molecule has 314 valence electrons. The summed E-state index contributed by atoms with van der Waals surface area (Å²) in [5.41, 5.74) is 5.58. The predicted molar refractivity (Wildman–Crippen MR) is 228 cm³/mol. The Bertz CT molecular complexity index is 949. The fourth-order valence-electron chi connectivity index (χ4n) is 7.68.